The van der Waals surface area contributed by atoms with Crippen LogP contribution in [0.1, 0.15) is 22.8 Å². The Balaban J connectivity index is 2.03. The van der Waals surface area contributed by atoms with Gasteiger partial charge in [0.2, 0.25) is 0 Å². The van der Waals surface area contributed by atoms with Crippen molar-refractivity contribution in [2.75, 3.05) is 12.4 Å². The van der Waals surface area contributed by atoms with Gasteiger partial charge in [0.05, 0.1) is 18.2 Å². The molecule has 0 spiro atoms. The van der Waals surface area contributed by atoms with E-state index in [-0.39, 0.29) is 17.0 Å². The lowest BCUT2D eigenvalue weighted by Crippen LogP contribution is -2.30. The van der Waals surface area contributed by atoms with Crippen LogP contribution in [0, 0.1) is 5.82 Å². The van der Waals surface area contributed by atoms with Crippen LogP contribution >= 0.6 is 0 Å². The maximum Gasteiger partial charge on any atom is 0.416 e. The molecular formula is C18H15F4NO4. The van der Waals surface area contributed by atoms with E-state index in [0.717, 1.165) is 24.3 Å². The number of anilines is 1. The monoisotopic (exact) mass is 385 g/mol. The molecular weight excluding hydrogens is 370 g/mol. The second kappa shape index (κ2) is 8.07. The maximum absolute atomic E-state index is 13.6. The molecule has 27 heavy (non-hydrogen) atoms. The van der Waals surface area contributed by atoms with Crippen LogP contribution in [0.25, 0.3) is 0 Å². The van der Waals surface area contributed by atoms with Crippen LogP contribution < -0.4 is 10.1 Å². The van der Waals surface area contributed by atoms with Crippen LogP contribution in [0.5, 0.6) is 5.75 Å². The molecule has 0 radical (unpaired) electrons. The largest absolute Gasteiger partial charge is 0.494 e. The van der Waals surface area contributed by atoms with Crippen molar-refractivity contribution in [3.8, 4) is 5.75 Å². The number of carbonyl (C=O) groups is 2. The van der Waals surface area contributed by atoms with Gasteiger partial charge >= 0.3 is 12.1 Å². The van der Waals surface area contributed by atoms with Crippen molar-refractivity contribution in [2.24, 2.45) is 0 Å². The lowest BCUT2D eigenvalue weighted by Gasteiger charge is -2.15. The Bertz CT molecular complexity index is 851. The minimum atomic E-state index is -4.56. The Morgan fingerprint density at radius 3 is 2.41 bits per heavy atom. The number of hydrogen-bond acceptors (Lipinski definition) is 4. The van der Waals surface area contributed by atoms with Crippen LogP contribution in [0.15, 0.2) is 42.5 Å². The first-order valence-electron chi connectivity index (χ1n) is 7.64. The highest BCUT2D eigenvalue weighted by Crippen LogP contribution is 2.30. The first-order valence-corrected chi connectivity index (χ1v) is 7.64. The number of benzene rings is 2. The molecule has 2 aromatic carbocycles. The molecule has 2 aromatic rings. The Hall–Kier alpha value is -3.10. The lowest BCUT2D eigenvalue weighted by atomic mass is 10.2. The van der Waals surface area contributed by atoms with E-state index >= 15 is 0 Å². The summed E-state index contributed by atoms with van der Waals surface area (Å²) in [5.41, 5.74) is -1.18. The minimum Gasteiger partial charge on any atom is -0.494 e. The van der Waals surface area contributed by atoms with Crippen molar-refractivity contribution in [3.63, 3.8) is 0 Å². The molecule has 0 aliphatic carbocycles. The molecule has 0 fully saturated rings. The number of carbonyl (C=O) groups excluding carboxylic acids is 2. The molecule has 1 amide bonds. The number of ether oxygens (including phenoxy) is 2. The summed E-state index contributed by atoms with van der Waals surface area (Å²) in [6, 6.07) is 7.37. The normalized spacial score (nSPS) is 12.2. The molecule has 0 saturated carbocycles. The molecule has 1 atom stereocenters. The fourth-order valence-electron chi connectivity index (χ4n) is 2.09. The standard InChI is InChI=1S/C18H15F4NO4/c1-10(27-17(25)11-6-7-15(26-2)14(19)8-11)16(24)23-13-5-3-4-12(9-13)18(20,21)22/h3-10H,1-2H3,(H,23,24)/t10-/m1/s1. The highest BCUT2D eigenvalue weighted by molar-refractivity contribution is 5.97. The fraction of sp³-hybridized carbons (Fsp3) is 0.222. The molecule has 0 aliphatic heterocycles. The number of esters is 1. The molecule has 0 heterocycles. The maximum atomic E-state index is 13.6. The summed E-state index contributed by atoms with van der Waals surface area (Å²) in [5.74, 6) is -2.66. The van der Waals surface area contributed by atoms with Gasteiger partial charge in [-0.25, -0.2) is 9.18 Å². The van der Waals surface area contributed by atoms with Gasteiger partial charge in [-0.15, -0.1) is 0 Å². The van der Waals surface area contributed by atoms with E-state index in [4.69, 9.17) is 9.47 Å². The molecule has 5 nitrogen and oxygen atoms in total. The SMILES string of the molecule is COc1ccc(C(=O)O[C@H](C)C(=O)Nc2cccc(C(F)(F)F)c2)cc1F. The molecule has 0 aromatic heterocycles. The predicted octanol–water partition coefficient (Wildman–Crippen LogP) is 4.04. The van der Waals surface area contributed by atoms with Crippen LogP contribution in [0.3, 0.4) is 0 Å². The minimum absolute atomic E-state index is 0.0677. The number of amides is 1. The van der Waals surface area contributed by atoms with Crippen LogP contribution in [0.4, 0.5) is 23.2 Å². The van der Waals surface area contributed by atoms with Gasteiger partial charge in [-0.2, -0.15) is 13.2 Å². The molecule has 2 rings (SSSR count). The Labute approximate surface area is 151 Å². The average molecular weight is 385 g/mol. The summed E-state index contributed by atoms with van der Waals surface area (Å²) in [5, 5.41) is 2.23. The van der Waals surface area contributed by atoms with Gasteiger partial charge in [0, 0.05) is 5.69 Å². The van der Waals surface area contributed by atoms with Crippen molar-refractivity contribution in [3.05, 3.63) is 59.4 Å². The summed E-state index contributed by atoms with van der Waals surface area (Å²) in [7, 11) is 1.26. The van der Waals surface area contributed by atoms with Gasteiger partial charge in [0.15, 0.2) is 17.7 Å². The zero-order valence-electron chi connectivity index (χ0n) is 14.3. The summed E-state index contributed by atoms with van der Waals surface area (Å²) in [6.07, 6.45) is -5.88. The van der Waals surface area contributed by atoms with Crippen molar-refractivity contribution in [1.82, 2.24) is 0 Å². The average Bonchev–Trinajstić information content (AvgIpc) is 2.61. The Morgan fingerprint density at radius 1 is 1.11 bits per heavy atom. The number of hydrogen-bond donors (Lipinski definition) is 1. The van der Waals surface area contributed by atoms with E-state index in [0.29, 0.717) is 0 Å². The molecule has 1 N–H and O–H groups in total. The van der Waals surface area contributed by atoms with Gasteiger partial charge in [-0.1, -0.05) is 6.07 Å². The number of methoxy groups -OCH3 is 1. The quantitative estimate of drug-likeness (QED) is 0.623. The van der Waals surface area contributed by atoms with E-state index in [9.17, 15) is 27.2 Å². The zero-order chi connectivity index (χ0) is 20.2. The second-order valence-electron chi connectivity index (χ2n) is 5.46. The van der Waals surface area contributed by atoms with E-state index in [1.165, 1.54) is 32.2 Å². The van der Waals surface area contributed by atoms with Crippen molar-refractivity contribution >= 4 is 17.6 Å². The lowest BCUT2D eigenvalue weighted by molar-refractivity contribution is -0.137. The fourth-order valence-corrected chi connectivity index (χ4v) is 2.09. The highest BCUT2D eigenvalue weighted by Gasteiger charge is 2.30. The van der Waals surface area contributed by atoms with Gasteiger partial charge in [-0.05, 0) is 43.3 Å². The summed E-state index contributed by atoms with van der Waals surface area (Å²) in [6.45, 7) is 1.24. The molecule has 9 heteroatoms. The van der Waals surface area contributed by atoms with Gasteiger partial charge < -0.3 is 14.8 Å². The van der Waals surface area contributed by atoms with Crippen LogP contribution in [-0.4, -0.2) is 25.1 Å². The third-order valence-electron chi connectivity index (χ3n) is 3.50. The molecule has 0 unspecified atom stereocenters. The van der Waals surface area contributed by atoms with E-state index in [1.54, 1.807) is 0 Å². The van der Waals surface area contributed by atoms with Gasteiger partial charge in [0.1, 0.15) is 0 Å². The molecule has 0 bridgehead atoms. The van der Waals surface area contributed by atoms with E-state index in [2.05, 4.69) is 5.32 Å². The summed E-state index contributed by atoms with van der Waals surface area (Å²) >= 11 is 0. The van der Waals surface area contributed by atoms with Crippen LogP contribution in [-0.2, 0) is 15.7 Å². The first-order chi connectivity index (χ1) is 12.6. The third kappa shape index (κ3) is 5.19. The molecule has 144 valence electrons. The Morgan fingerprint density at radius 2 is 1.81 bits per heavy atom. The molecule has 0 aliphatic rings. The Kier molecular flexibility index (Phi) is 6.04. The van der Waals surface area contributed by atoms with Gasteiger partial charge in [-0.3, -0.25) is 4.79 Å². The predicted molar refractivity (Wildman–Crippen MR) is 87.9 cm³/mol. The zero-order valence-corrected chi connectivity index (χ0v) is 14.3. The number of nitrogens with one attached hydrogen (secondary N) is 1. The molecule has 0 saturated heterocycles. The van der Waals surface area contributed by atoms with Crippen molar-refractivity contribution < 1.29 is 36.6 Å². The topological polar surface area (TPSA) is 64.6 Å². The van der Waals surface area contributed by atoms with Crippen LogP contribution in [0.2, 0.25) is 0 Å². The smallest absolute Gasteiger partial charge is 0.416 e. The highest BCUT2D eigenvalue weighted by atomic mass is 19.4. The van der Waals surface area contributed by atoms with E-state index < -0.39 is 35.5 Å². The number of alkyl halides is 3. The second-order valence-corrected chi connectivity index (χ2v) is 5.46. The third-order valence-corrected chi connectivity index (χ3v) is 3.50. The van der Waals surface area contributed by atoms with Crippen molar-refractivity contribution in [1.29, 1.82) is 0 Å². The summed E-state index contributed by atoms with van der Waals surface area (Å²) < 4.78 is 61.3. The first kappa shape index (κ1) is 20.2. The van der Waals surface area contributed by atoms with Crippen molar-refractivity contribution in [2.45, 2.75) is 19.2 Å². The number of halogens is 4. The summed E-state index contributed by atoms with van der Waals surface area (Å²) in [4.78, 5) is 24.0. The van der Waals surface area contributed by atoms with E-state index in [1.807, 2.05) is 0 Å². The number of rotatable bonds is 5. The van der Waals surface area contributed by atoms with Gasteiger partial charge in [0.25, 0.3) is 5.91 Å².